The molecule has 0 amide bonds. The van der Waals surface area contributed by atoms with Gasteiger partial charge in [0.2, 0.25) is 0 Å². The van der Waals surface area contributed by atoms with Crippen LogP contribution < -0.4 is 0 Å². The molecule has 0 spiro atoms. The summed E-state index contributed by atoms with van der Waals surface area (Å²) in [4.78, 5) is 14.1. The van der Waals surface area contributed by atoms with Gasteiger partial charge in [0, 0.05) is 9.79 Å². The van der Waals surface area contributed by atoms with Crippen molar-refractivity contribution in [3.05, 3.63) is 36.7 Å². The molecule has 1 heterocycles. The quantitative estimate of drug-likeness (QED) is 0.282. The summed E-state index contributed by atoms with van der Waals surface area (Å²) in [5, 5.41) is 2.75. The zero-order valence-corrected chi connectivity index (χ0v) is 10.4. The summed E-state index contributed by atoms with van der Waals surface area (Å²) in [5.74, 6) is -0.775. The molecule has 0 aliphatic carbocycles. The third-order valence-corrected chi connectivity index (χ3v) is 3.20. The van der Waals surface area contributed by atoms with Crippen molar-refractivity contribution in [1.82, 2.24) is 0 Å². The first-order valence-corrected chi connectivity index (χ1v) is 5.49. The van der Waals surface area contributed by atoms with Crippen LogP contribution in [0.5, 0.6) is 0 Å². The van der Waals surface area contributed by atoms with E-state index in [-0.39, 0.29) is 10.2 Å². The molecule has 0 unspecified atom stereocenters. The first-order chi connectivity index (χ1) is 7.58. The predicted octanol–water partition coefficient (Wildman–Crippen LogP) is 3.47. The van der Waals surface area contributed by atoms with E-state index in [1.165, 1.54) is 12.1 Å². The molecule has 0 bridgehead atoms. The summed E-state index contributed by atoms with van der Waals surface area (Å²) >= 11 is 3.80. The molecule has 84 valence electrons. The van der Waals surface area contributed by atoms with E-state index in [1.54, 1.807) is 0 Å². The Hall–Kier alpha value is -1.37. The van der Waals surface area contributed by atoms with E-state index >= 15 is 0 Å². The van der Waals surface area contributed by atoms with Crippen molar-refractivity contribution in [2.24, 2.45) is 5.11 Å². The van der Waals surface area contributed by atoms with Crippen molar-refractivity contribution in [3.63, 3.8) is 0 Å². The van der Waals surface area contributed by atoms with Crippen molar-refractivity contribution >= 4 is 39.3 Å². The Bertz CT molecular complexity index is 474. The van der Waals surface area contributed by atoms with Gasteiger partial charge < -0.3 is 4.74 Å². The van der Waals surface area contributed by atoms with Gasteiger partial charge >= 0.3 is 5.97 Å². The molecule has 0 aliphatic heterocycles. The first kappa shape index (κ1) is 12.7. The maximum Gasteiger partial charge on any atom is 0.340 e. The minimum atomic E-state index is -0.775. The lowest BCUT2D eigenvalue weighted by Gasteiger charge is -1.96. The maximum absolute atomic E-state index is 13.0. The summed E-state index contributed by atoms with van der Waals surface area (Å²) in [5.41, 5.74) is 8.03. The SMILES string of the molecule is COC(=O)/C(=C\c1cc(Br)c(F)s1)N=[N+]=[N-]. The van der Waals surface area contributed by atoms with Gasteiger partial charge in [0.1, 0.15) is 5.70 Å². The lowest BCUT2D eigenvalue weighted by Crippen LogP contribution is -2.01. The molecule has 0 aromatic carbocycles. The minimum Gasteiger partial charge on any atom is -0.466 e. The van der Waals surface area contributed by atoms with Gasteiger partial charge in [-0.25, -0.2) is 4.79 Å². The van der Waals surface area contributed by atoms with Gasteiger partial charge in [-0.3, -0.25) is 0 Å². The largest absolute Gasteiger partial charge is 0.466 e. The molecule has 0 saturated carbocycles. The molecule has 0 fully saturated rings. The summed E-state index contributed by atoms with van der Waals surface area (Å²) in [7, 11) is 1.16. The van der Waals surface area contributed by atoms with Crippen molar-refractivity contribution in [2.45, 2.75) is 0 Å². The van der Waals surface area contributed by atoms with Gasteiger partial charge in [-0.2, -0.15) is 4.39 Å². The van der Waals surface area contributed by atoms with Crippen LogP contribution in [0, 0.1) is 5.13 Å². The number of rotatable bonds is 3. The molecule has 0 radical (unpaired) electrons. The van der Waals surface area contributed by atoms with Crippen LogP contribution in [0.1, 0.15) is 4.88 Å². The highest BCUT2D eigenvalue weighted by atomic mass is 79.9. The molecule has 1 aromatic rings. The van der Waals surface area contributed by atoms with Crippen LogP contribution in [0.25, 0.3) is 16.5 Å². The van der Waals surface area contributed by atoms with Gasteiger partial charge in [-0.05, 0) is 33.6 Å². The lowest BCUT2D eigenvalue weighted by molar-refractivity contribution is -0.136. The number of thiophene rings is 1. The topological polar surface area (TPSA) is 75.1 Å². The van der Waals surface area contributed by atoms with Crippen LogP contribution in [0.2, 0.25) is 0 Å². The Kier molecular flexibility index (Phi) is 4.48. The van der Waals surface area contributed by atoms with E-state index in [0.29, 0.717) is 4.88 Å². The second-order valence-electron chi connectivity index (χ2n) is 2.48. The van der Waals surface area contributed by atoms with E-state index in [1.807, 2.05) is 0 Å². The number of methoxy groups -OCH3 is 1. The normalized spacial score (nSPS) is 10.8. The summed E-state index contributed by atoms with van der Waals surface area (Å²) < 4.78 is 17.7. The van der Waals surface area contributed by atoms with Crippen LogP contribution in [-0.4, -0.2) is 13.1 Å². The number of ether oxygens (including phenoxy) is 1. The lowest BCUT2D eigenvalue weighted by atomic mass is 10.3. The fraction of sp³-hybridized carbons (Fsp3) is 0.125. The predicted molar refractivity (Wildman–Crippen MR) is 61.1 cm³/mol. The van der Waals surface area contributed by atoms with E-state index in [9.17, 15) is 9.18 Å². The fourth-order valence-electron chi connectivity index (χ4n) is 0.851. The third-order valence-electron chi connectivity index (χ3n) is 1.49. The fourth-order valence-corrected chi connectivity index (χ4v) is 2.20. The van der Waals surface area contributed by atoms with Crippen molar-refractivity contribution in [1.29, 1.82) is 0 Å². The average molecular weight is 306 g/mol. The van der Waals surface area contributed by atoms with Crippen LogP contribution in [0.4, 0.5) is 4.39 Å². The van der Waals surface area contributed by atoms with Crippen molar-refractivity contribution < 1.29 is 13.9 Å². The highest BCUT2D eigenvalue weighted by Crippen LogP contribution is 2.27. The number of halogens is 2. The average Bonchev–Trinajstić information content (AvgIpc) is 2.56. The summed E-state index contributed by atoms with van der Waals surface area (Å²) in [6.07, 6.45) is 1.25. The number of carbonyl (C=O) groups is 1. The van der Waals surface area contributed by atoms with Gasteiger partial charge in [0.15, 0.2) is 5.13 Å². The molecule has 0 aliphatic rings. The van der Waals surface area contributed by atoms with Crippen LogP contribution >= 0.6 is 27.3 Å². The first-order valence-electron chi connectivity index (χ1n) is 3.88. The second kappa shape index (κ2) is 5.64. The van der Waals surface area contributed by atoms with Gasteiger partial charge in [-0.15, -0.1) is 11.3 Å². The number of hydrogen-bond acceptors (Lipinski definition) is 4. The van der Waals surface area contributed by atoms with Gasteiger partial charge in [-0.1, -0.05) is 5.11 Å². The highest BCUT2D eigenvalue weighted by molar-refractivity contribution is 9.10. The van der Waals surface area contributed by atoms with E-state index in [4.69, 9.17) is 5.53 Å². The molecular weight excluding hydrogens is 301 g/mol. The molecule has 0 atom stereocenters. The minimum absolute atomic E-state index is 0.223. The standard InChI is InChI=1S/C8H5BrFN3O2S/c1-15-8(14)6(12-13-11)3-4-2-5(9)7(10)16-4/h2-3H,1H3/b6-3+. The molecule has 16 heavy (non-hydrogen) atoms. The molecule has 1 aromatic heterocycles. The van der Waals surface area contributed by atoms with E-state index in [0.717, 1.165) is 18.4 Å². The highest BCUT2D eigenvalue weighted by Gasteiger charge is 2.10. The summed E-state index contributed by atoms with van der Waals surface area (Å²) in [6.45, 7) is 0. The zero-order valence-electron chi connectivity index (χ0n) is 7.98. The molecule has 1 rings (SSSR count). The monoisotopic (exact) mass is 305 g/mol. The summed E-state index contributed by atoms with van der Waals surface area (Å²) in [6, 6.07) is 1.47. The van der Waals surface area contributed by atoms with Gasteiger partial charge in [0.05, 0.1) is 11.6 Å². The number of nitrogens with zero attached hydrogens (tertiary/aromatic N) is 3. The Balaban J connectivity index is 3.11. The van der Waals surface area contributed by atoms with E-state index < -0.39 is 11.1 Å². The smallest absolute Gasteiger partial charge is 0.340 e. The number of azide groups is 1. The molecule has 0 saturated heterocycles. The third kappa shape index (κ3) is 3.06. The van der Waals surface area contributed by atoms with Gasteiger partial charge in [0.25, 0.3) is 0 Å². The molecular formula is C8H5BrFN3O2S. The zero-order chi connectivity index (χ0) is 12.1. The molecule has 0 N–H and O–H groups in total. The number of hydrogen-bond donors (Lipinski definition) is 0. The number of carbonyl (C=O) groups excluding carboxylic acids is 1. The Labute approximate surface area is 102 Å². The molecule has 8 heteroatoms. The van der Waals surface area contributed by atoms with Crippen LogP contribution in [-0.2, 0) is 9.53 Å². The van der Waals surface area contributed by atoms with E-state index in [2.05, 4.69) is 30.7 Å². The molecule has 5 nitrogen and oxygen atoms in total. The Morgan fingerprint density at radius 1 is 1.81 bits per heavy atom. The Morgan fingerprint density at radius 3 is 2.94 bits per heavy atom. The van der Waals surface area contributed by atoms with Crippen molar-refractivity contribution in [2.75, 3.05) is 7.11 Å². The maximum atomic E-state index is 13.0. The second-order valence-corrected chi connectivity index (χ2v) is 4.37. The Morgan fingerprint density at radius 2 is 2.50 bits per heavy atom. The van der Waals surface area contributed by atoms with Crippen LogP contribution in [0.3, 0.4) is 0 Å². The number of esters is 1. The van der Waals surface area contributed by atoms with Crippen LogP contribution in [0.15, 0.2) is 21.4 Å². The van der Waals surface area contributed by atoms with Crippen molar-refractivity contribution in [3.8, 4) is 0 Å².